The molecule has 5 nitrogen and oxygen atoms in total. The molecule has 1 saturated heterocycles. The summed E-state index contributed by atoms with van der Waals surface area (Å²) in [6.45, 7) is 0.849. The number of phenolic OH excluding ortho intramolecular Hbond substituents is 1. The maximum atomic E-state index is 12.6. The van der Waals surface area contributed by atoms with Crippen LogP contribution in [0.25, 0.3) is 0 Å². The minimum Gasteiger partial charge on any atom is -0.508 e. The molecular weight excluding hydrogens is 316 g/mol. The Morgan fingerprint density at radius 2 is 1.88 bits per heavy atom. The van der Waals surface area contributed by atoms with Gasteiger partial charge in [0.15, 0.2) is 0 Å². The highest BCUT2D eigenvalue weighted by Gasteiger charge is 2.45. The van der Waals surface area contributed by atoms with E-state index in [4.69, 9.17) is 5.73 Å². The van der Waals surface area contributed by atoms with E-state index in [1.807, 2.05) is 36.4 Å². The average Bonchev–Trinajstić information content (AvgIpc) is 3.07. The van der Waals surface area contributed by atoms with Gasteiger partial charge in [0.25, 0.3) is 0 Å². The van der Waals surface area contributed by atoms with Gasteiger partial charge in [0.05, 0.1) is 5.41 Å². The zero-order chi connectivity index (χ0) is 17.9. The number of carbonyl (C=O) groups excluding carboxylic acids is 2. The van der Waals surface area contributed by atoms with Crippen LogP contribution in [-0.4, -0.2) is 34.9 Å². The molecule has 1 aliphatic rings. The van der Waals surface area contributed by atoms with Crippen LogP contribution < -0.4 is 5.73 Å². The Hall–Kier alpha value is -2.82. The van der Waals surface area contributed by atoms with Crippen molar-refractivity contribution in [2.45, 2.75) is 24.7 Å². The Kier molecular flexibility index (Phi) is 4.74. The monoisotopic (exact) mass is 338 g/mol. The lowest BCUT2D eigenvalue weighted by Gasteiger charge is -2.26. The van der Waals surface area contributed by atoms with E-state index in [9.17, 15) is 14.7 Å². The van der Waals surface area contributed by atoms with Crippen LogP contribution >= 0.6 is 0 Å². The summed E-state index contributed by atoms with van der Waals surface area (Å²) in [6.07, 6.45) is 1.44. The van der Waals surface area contributed by atoms with Crippen LogP contribution in [0.3, 0.4) is 0 Å². The summed E-state index contributed by atoms with van der Waals surface area (Å²) < 4.78 is 0. The van der Waals surface area contributed by atoms with E-state index in [1.54, 1.807) is 23.1 Å². The molecule has 130 valence electrons. The number of nitrogens with zero attached hydrogens (tertiary/aromatic N) is 1. The van der Waals surface area contributed by atoms with Gasteiger partial charge in [-0.15, -0.1) is 0 Å². The van der Waals surface area contributed by atoms with Crippen LogP contribution in [0.5, 0.6) is 5.75 Å². The first kappa shape index (κ1) is 17.0. The summed E-state index contributed by atoms with van der Waals surface area (Å²) in [6, 6.07) is 16.4. The summed E-state index contributed by atoms with van der Waals surface area (Å²) in [4.78, 5) is 26.4. The Labute approximate surface area is 147 Å². The first-order valence-electron chi connectivity index (χ1n) is 8.42. The molecule has 1 unspecified atom stereocenters. The van der Waals surface area contributed by atoms with E-state index in [2.05, 4.69) is 0 Å². The lowest BCUT2D eigenvalue weighted by atomic mass is 9.79. The molecule has 25 heavy (non-hydrogen) atoms. The van der Waals surface area contributed by atoms with Crippen molar-refractivity contribution in [2.75, 3.05) is 13.1 Å². The smallest absolute Gasteiger partial charge is 0.229 e. The van der Waals surface area contributed by atoms with Gasteiger partial charge in [0.1, 0.15) is 5.75 Å². The Morgan fingerprint density at radius 3 is 2.56 bits per heavy atom. The SMILES string of the molecule is NC(=O)C1(c2ccccc2)CCN(C(=O)CCc2cccc(O)c2)C1. The van der Waals surface area contributed by atoms with Crippen LogP contribution in [-0.2, 0) is 21.4 Å². The van der Waals surface area contributed by atoms with Crippen LogP contribution in [0.1, 0.15) is 24.0 Å². The second-order valence-electron chi connectivity index (χ2n) is 6.55. The van der Waals surface area contributed by atoms with Crippen LogP contribution in [0.2, 0.25) is 0 Å². The van der Waals surface area contributed by atoms with Gasteiger partial charge in [-0.25, -0.2) is 0 Å². The Bertz CT molecular complexity index is 776. The maximum Gasteiger partial charge on any atom is 0.229 e. The molecular formula is C20H22N2O3. The number of hydrogen-bond donors (Lipinski definition) is 2. The highest BCUT2D eigenvalue weighted by Crippen LogP contribution is 2.34. The summed E-state index contributed by atoms with van der Waals surface area (Å²) >= 11 is 0. The van der Waals surface area contributed by atoms with Crippen molar-refractivity contribution in [1.82, 2.24) is 4.90 Å². The maximum absolute atomic E-state index is 12.6. The zero-order valence-corrected chi connectivity index (χ0v) is 14.0. The van der Waals surface area contributed by atoms with E-state index in [0.717, 1.165) is 11.1 Å². The van der Waals surface area contributed by atoms with Crippen molar-refractivity contribution in [3.05, 3.63) is 65.7 Å². The molecule has 1 heterocycles. The first-order chi connectivity index (χ1) is 12.0. The number of likely N-dealkylation sites (tertiary alicyclic amines) is 1. The summed E-state index contributed by atoms with van der Waals surface area (Å²) in [7, 11) is 0. The molecule has 2 aromatic rings. The summed E-state index contributed by atoms with van der Waals surface area (Å²) in [5.74, 6) is -0.188. The highest BCUT2D eigenvalue weighted by atomic mass is 16.3. The fraction of sp³-hybridized carbons (Fsp3) is 0.300. The van der Waals surface area contributed by atoms with Crippen LogP contribution in [0.15, 0.2) is 54.6 Å². The van der Waals surface area contributed by atoms with E-state index in [0.29, 0.717) is 32.4 Å². The number of nitrogens with two attached hydrogens (primary N) is 1. The largest absolute Gasteiger partial charge is 0.508 e. The number of primary amides is 1. The number of aromatic hydroxyl groups is 1. The van der Waals surface area contributed by atoms with Crippen molar-refractivity contribution in [2.24, 2.45) is 5.73 Å². The van der Waals surface area contributed by atoms with Gasteiger partial charge in [0, 0.05) is 19.5 Å². The van der Waals surface area contributed by atoms with Crippen molar-refractivity contribution in [3.8, 4) is 5.75 Å². The van der Waals surface area contributed by atoms with Gasteiger partial charge in [-0.05, 0) is 36.1 Å². The van der Waals surface area contributed by atoms with Gasteiger partial charge in [-0.3, -0.25) is 9.59 Å². The first-order valence-corrected chi connectivity index (χ1v) is 8.42. The molecule has 1 aliphatic heterocycles. The van der Waals surface area contributed by atoms with Crippen molar-refractivity contribution in [1.29, 1.82) is 0 Å². The van der Waals surface area contributed by atoms with Gasteiger partial charge < -0.3 is 15.7 Å². The number of carbonyl (C=O) groups is 2. The van der Waals surface area contributed by atoms with Gasteiger partial charge in [0.2, 0.25) is 11.8 Å². The van der Waals surface area contributed by atoms with Crippen molar-refractivity contribution >= 4 is 11.8 Å². The quantitative estimate of drug-likeness (QED) is 0.874. The number of benzene rings is 2. The minimum absolute atomic E-state index is 0.00222. The molecule has 0 aliphatic carbocycles. The fourth-order valence-electron chi connectivity index (χ4n) is 3.48. The summed E-state index contributed by atoms with van der Waals surface area (Å²) in [5, 5.41) is 9.50. The highest BCUT2D eigenvalue weighted by molar-refractivity contribution is 5.89. The van der Waals surface area contributed by atoms with Gasteiger partial charge >= 0.3 is 0 Å². The molecule has 0 spiro atoms. The van der Waals surface area contributed by atoms with Crippen molar-refractivity contribution < 1.29 is 14.7 Å². The predicted molar refractivity (Wildman–Crippen MR) is 94.9 cm³/mol. The molecule has 3 N–H and O–H groups in total. The van der Waals surface area contributed by atoms with Crippen LogP contribution in [0.4, 0.5) is 0 Å². The average molecular weight is 338 g/mol. The molecule has 0 bridgehead atoms. The molecule has 2 aromatic carbocycles. The number of amides is 2. The van der Waals surface area contributed by atoms with Gasteiger partial charge in [-0.2, -0.15) is 0 Å². The fourth-order valence-corrected chi connectivity index (χ4v) is 3.48. The number of phenols is 1. The molecule has 2 amide bonds. The summed E-state index contributed by atoms with van der Waals surface area (Å²) in [5.41, 5.74) is 6.68. The van der Waals surface area contributed by atoms with E-state index >= 15 is 0 Å². The molecule has 0 saturated carbocycles. The number of aryl methyl sites for hydroxylation is 1. The normalized spacial score (nSPS) is 19.8. The third-order valence-electron chi connectivity index (χ3n) is 4.96. The third-order valence-corrected chi connectivity index (χ3v) is 4.96. The third kappa shape index (κ3) is 3.50. The van der Waals surface area contributed by atoms with E-state index in [-0.39, 0.29) is 17.6 Å². The topological polar surface area (TPSA) is 83.6 Å². The van der Waals surface area contributed by atoms with Crippen LogP contribution in [0, 0.1) is 0 Å². The Balaban J connectivity index is 1.68. The molecule has 1 atom stereocenters. The second kappa shape index (κ2) is 6.97. The molecule has 3 rings (SSSR count). The van der Waals surface area contributed by atoms with E-state index in [1.165, 1.54) is 0 Å². The number of rotatable bonds is 5. The lowest BCUT2D eigenvalue weighted by molar-refractivity contribution is -0.130. The van der Waals surface area contributed by atoms with Gasteiger partial charge in [-0.1, -0.05) is 42.5 Å². The standard InChI is InChI=1S/C20H22N2O3/c21-19(25)20(16-6-2-1-3-7-16)11-12-22(14-20)18(24)10-9-15-5-4-8-17(23)13-15/h1-8,13,23H,9-12,14H2,(H2,21,25). The zero-order valence-electron chi connectivity index (χ0n) is 14.0. The van der Waals surface area contributed by atoms with E-state index < -0.39 is 5.41 Å². The Morgan fingerprint density at radius 1 is 1.12 bits per heavy atom. The lowest BCUT2D eigenvalue weighted by Crippen LogP contribution is -2.44. The molecule has 0 aromatic heterocycles. The minimum atomic E-state index is -0.804. The molecule has 5 heteroatoms. The molecule has 0 radical (unpaired) electrons. The second-order valence-corrected chi connectivity index (χ2v) is 6.55. The molecule has 1 fully saturated rings. The number of hydrogen-bond acceptors (Lipinski definition) is 3. The predicted octanol–water partition coefficient (Wildman–Crippen LogP) is 1.98. The van der Waals surface area contributed by atoms with Crippen molar-refractivity contribution in [3.63, 3.8) is 0 Å².